The monoisotopic (exact) mass is 296 g/mol. The van der Waals surface area contributed by atoms with E-state index in [1.54, 1.807) is 6.20 Å². The van der Waals surface area contributed by atoms with Crippen LogP contribution >= 0.6 is 0 Å². The summed E-state index contributed by atoms with van der Waals surface area (Å²) in [4.78, 5) is 4.37. The van der Waals surface area contributed by atoms with Crippen LogP contribution in [0, 0.1) is 11.8 Å². The van der Waals surface area contributed by atoms with Crippen molar-refractivity contribution in [1.29, 1.82) is 0 Å². The highest BCUT2D eigenvalue weighted by molar-refractivity contribution is 5.82. The molecule has 1 aliphatic heterocycles. The van der Waals surface area contributed by atoms with E-state index in [9.17, 15) is 5.11 Å². The van der Waals surface area contributed by atoms with Gasteiger partial charge in [0.1, 0.15) is 0 Å². The van der Waals surface area contributed by atoms with Crippen molar-refractivity contribution in [2.75, 3.05) is 13.1 Å². The molecule has 3 heteroatoms. The third-order valence-electron chi connectivity index (χ3n) is 4.83. The summed E-state index contributed by atoms with van der Waals surface area (Å²) in [6, 6.07) is 9.96. The summed E-state index contributed by atoms with van der Waals surface area (Å²) in [5.41, 5.74) is 1.94. The maximum absolute atomic E-state index is 10.6. The number of aliphatic hydroxyl groups is 1. The number of pyridine rings is 1. The highest BCUT2D eigenvalue weighted by Gasteiger charge is 2.23. The molecule has 0 aliphatic carbocycles. The van der Waals surface area contributed by atoms with Crippen LogP contribution in [0.5, 0.6) is 0 Å². The minimum absolute atomic E-state index is 0.423. The van der Waals surface area contributed by atoms with Crippen molar-refractivity contribution in [3.63, 3.8) is 0 Å². The second kappa shape index (κ2) is 7.03. The first-order valence-corrected chi connectivity index (χ1v) is 8.14. The van der Waals surface area contributed by atoms with Crippen molar-refractivity contribution in [2.24, 2.45) is 11.8 Å². The Morgan fingerprint density at radius 1 is 1.36 bits per heavy atom. The van der Waals surface area contributed by atoms with Gasteiger partial charge in [-0.25, -0.2) is 0 Å². The fraction of sp³-hybridized carbons (Fsp3) is 0.421. The lowest BCUT2D eigenvalue weighted by Gasteiger charge is -2.30. The summed E-state index contributed by atoms with van der Waals surface area (Å²) in [5.74, 6) is 1.15. The Balaban J connectivity index is 1.71. The van der Waals surface area contributed by atoms with Gasteiger partial charge in [-0.1, -0.05) is 24.3 Å². The first kappa shape index (κ1) is 15.2. The van der Waals surface area contributed by atoms with E-state index < -0.39 is 6.10 Å². The molecule has 2 aromatic rings. The summed E-state index contributed by atoms with van der Waals surface area (Å²) in [7, 11) is 0. The van der Waals surface area contributed by atoms with E-state index in [1.807, 2.05) is 30.3 Å². The Morgan fingerprint density at radius 3 is 3.09 bits per heavy atom. The van der Waals surface area contributed by atoms with Crippen LogP contribution in [0.3, 0.4) is 0 Å². The van der Waals surface area contributed by atoms with Gasteiger partial charge in [0.15, 0.2) is 0 Å². The Labute approximate surface area is 132 Å². The van der Waals surface area contributed by atoms with E-state index >= 15 is 0 Å². The molecule has 116 valence electrons. The van der Waals surface area contributed by atoms with Gasteiger partial charge in [0.25, 0.3) is 0 Å². The first-order chi connectivity index (χ1) is 10.8. The zero-order chi connectivity index (χ0) is 15.4. The van der Waals surface area contributed by atoms with Crippen molar-refractivity contribution in [2.45, 2.75) is 25.4 Å². The van der Waals surface area contributed by atoms with E-state index in [2.05, 4.69) is 23.0 Å². The molecule has 0 radical (unpaired) electrons. The third-order valence-corrected chi connectivity index (χ3v) is 4.83. The minimum atomic E-state index is -0.423. The van der Waals surface area contributed by atoms with Gasteiger partial charge in [-0.05, 0) is 55.3 Å². The van der Waals surface area contributed by atoms with E-state index in [1.165, 1.54) is 6.42 Å². The van der Waals surface area contributed by atoms with Crippen molar-refractivity contribution >= 4 is 10.9 Å². The molecule has 1 fully saturated rings. The lowest BCUT2D eigenvalue weighted by Crippen LogP contribution is -2.35. The van der Waals surface area contributed by atoms with Gasteiger partial charge in [0, 0.05) is 18.1 Å². The first-order valence-electron chi connectivity index (χ1n) is 8.14. The average Bonchev–Trinajstić information content (AvgIpc) is 2.59. The SMILES string of the molecule is C=CC1CNCCC1CCC(O)c1ccnc2ccccc12. The van der Waals surface area contributed by atoms with Crippen molar-refractivity contribution in [1.82, 2.24) is 10.3 Å². The predicted octanol–water partition coefficient (Wildman–Crippen LogP) is 3.46. The van der Waals surface area contributed by atoms with E-state index in [4.69, 9.17) is 0 Å². The van der Waals surface area contributed by atoms with Crippen molar-refractivity contribution in [3.8, 4) is 0 Å². The fourth-order valence-electron chi connectivity index (χ4n) is 3.51. The molecule has 1 aliphatic rings. The molecule has 0 bridgehead atoms. The lowest BCUT2D eigenvalue weighted by atomic mass is 9.82. The highest BCUT2D eigenvalue weighted by Crippen LogP contribution is 2.31. The summed E-state index contributed by atoms with van der Waals surface area (Å²) in [6.45, 7) is 6.04. The van der Waals surface area contributed by atoms with Gasteiger partial charge in [0.05, 0.1) is 11.6 Å². The van der Waals surface area contributed by atoms with Crippen LogP contribution in [0.1, 0.15) is 30.9 Å². The van der Waals surface area contributed by atoms with Crippen LogP contribution in [0.25, 0.3) is 10.9 Å². The van der Waals surface area contributed by atoms with Crippen LogP contribution in [0.15, 0.2) is 49.2 Å². The summed E-state index contributed by atoms with van der Waals surface area (Å²) in [6.07, 6.45) is 6.43. The number of rotatable bonds is 5. The van der Waals surface area contributed by atoms with E-state index in [-0.39, 0.29) is 0 Å². The smallest absolute Gasteiger partial charge is 0.0797 e. The number of fused-ring (bicyclic) bond motifs is 1. The van der Waals surface area contributed by atoms with E-state index in [0.717, 1.165) is 42.4 Å². The normalized spacial score (nSPS) is 23.3. The second-order valence-corrected chi connectivity index (χ2v) is 6.16. The van der Waals surface area contributed by atoms with Gasteiger partial charge >= 0.3 is 0 Å². The Kier molecular flexibility index (Phi) is 4.86. The molecule has 3 unspecified atom stereocenters. The summed E-state index contributed by atoms with van der Waals surface area (Å²) >= 11 is 0. The summed E-state index contributed by atoms with van der Waals surface area (Å²) < 4.78 is 0. The molecular weight excluding hydrogens is 272 g/mol. The third kappa shape index (κ3) is 3.21. The predicted molar refractivity (Wildman–Crippen MR) is 90.6 cm³/mol. The largest absolute Gasteiger partial charge is 0.388 e. The van der Waals surface area contributed by atoms with Gasteiger partial charge in [0.2, 0.25) is 0 Å². The van der Waals surface area contributed by atoms with Crippen LogP contribution in [-0.4, -0.2) is 23.2 Å². The number of nitrogens with one attached hydrogen (secondary N) is 1. The molecular formula is C19H24N2O. The van der Waals surface area contributed by atoms with Crippen LogP contribution in [0.4, 0.5) is 0 Å². The molecule has 0 spiro atoms. The number of benzene rings is 1. The molecule has 2 N–H and O–H groups in total. The molecule has 0 saturated carbocycles. The van der Waals surface area contributed by atoms with Crippen molar-refractivity contribution in [3.05, 3.63) is 54.7 Å². The Morgan fingerprint density at radius 2 is 2.23 bits per heavy atom. The zero-order valence-corrected chi connectivity index (χ0v) is 12.9. The Hall–Kier alpha value is -1.71. The van der Waals surface area contributed by atoms with E-state index in [0.29, 0.717) is 11.8 Å². The highest BCUT2D eigenvalue weighted by atomic mass is 16.3. The quantitative estimate of drug-likeness (QED) is 0.831. The molecule has 2 heterocycles. The van der Waals surface area contributed by atoms with Gasteiger partial charge in [-0.3, -0.25) is 4.98 Å². The number of hydrogen-bond donors (Lipinski definition) is 2. The molecule has 1 saturated heterocycles. The van der Waals surface area contributed by atoms with Crippen LogP contribution < -0.4 is 5.32 Å². The molecule has 1 aromatic heterocycles. The maximum Gasteiger partial charge on any atom is 0.0797 e. The number of para-hydroxylation sites is 1. The number of aliphatic hydroxyl groups excluding tert-OH is 1. The second-order valence-electron chi connectivity index (χ2n) is 6.16. The number of piperidine rings is 1. The fourth-order valence-corrected chi connectivity index (χ4v) is 3.51. The molecule has 1 aromatic carbocycles. The molecule has 3 rings (SSSR count). The van der Waals surface area contributed by atoms with Gasteiger partial charge in [-0.15, -0.1) is 6.58 Å². The average molecular weight is 296 g/mol. The molecule has 22 heavy (non-hydrogen) atoms. The van der Waals surface area contributed by atoms with Crippen LogP contribution in [0.2, 0.25) is 0 Å². The molecule has 3 atom stereocenters. The Bertz CT molecular complexity index is 635. The molecule has 0 amide bonds. The standard InChI is InChI=1S/C19H24N2O/c1-2-14-13-20-11-9-15(14)7-8-19(22)17-10-12-21-18-6-4-3-5-16(17)18/h2-6,10,12,14-15,19-20,22H,1,7-9,11,13H2. The topological polar surface area (TPSA) is 45.1 Å². The number of hydrogen-bond acceptors (Lipinski definition) is 3. The molecule has 3 nitrogen and oxygen atoms in total. The van der Waals surface area contributed by atoms with Crippen LogP contribution in [-0.2, 0) is 0 Å². The van der Waals surface area contributed by atoms with Gasteiger partial charge < -0.3 is 10.4 Å². The number of aromatic nitrogens is 1. The number of nitrogens with zero attached hydrogens (tertiary/aromatic N) is 1. The van der Waals surface area contributed by atoms with Gasteiger partial charge in [-0.2, -0.15) is 0 Å². The maximum atomic E-state index is 10.6. The summed E-state index contributed by atoms with van der Waals surface area (Å²) in [5, 5.41) is 15.1. The van der Waals surface area contributed by atoms with Crippen molar-refractivity contribution < 1.29 is 5.11 Å². The lowest BCUT2D eigenvalue weighted by molar-refractivity contribution is 0.147. The zero-order valence-electron chi connectivity index (χ0n) is 12.9. The minimum Gasteiger partial charge on any atom is -0.388 e.